The fourth-order valence-corrected chi connectivity index (χ4v) is 1.70. The fraction of sp³-hybridized carbons (Fsp3) is 0.385. The minimum Gasteiger partial charge on any atom is -0.370 e. The molecule has 0 saturated carbocycles. The summed E-state index contributed by atoms with van der Waals surface area (Å²) in [4.78, 5) is 4.28. The average Bonchev–Trinajstić information content (AvgIpc) is 2.88. The normalized spacial score (nSPS) is 11.9. The van der Waals surface area contributed by atoms with E-state index in [4.69, 9.17) is 15.0 Å². The fourth-order valence-electron chi connectivity index (χ4n) is 1.70. The number of methoxy groups -OCH3 is 1. The minimum atomic E-state index is -0.317. The van der Waals surface area contributed by atoms with Crippen LogP contribution < -0.4 is 5.73 Å². The van der Waals surface area contributed by atoms with E-state index in [0.29, 0.717) is 18.3 Å². The monoisotopic (exact) mass is 283 g/mol. The summed E-state index contributed by atoms with van der Waals surface area (Å²) >= 11 is 0. The summed E-state index contributed by atoms with van der Waals surface area (Å²) in [7, 11) is 1.57. The van der Waals surface area contributed by atoms with E-state index in [1.165, 1.54) is 5.56 Å². The molecule has 1 aromatic heterocycles. The number of benzene rings is 1. The first kappa shape index (κ1) is 15.6. The molecule has 0 saturated heterocycles. The van der Waals surface area contributed by atoms with Crippen molar-refractivity contribution in [2.24, 2.45) is 5.73 Å². The van der Waals surface area contributed by atoms with Gasteiger partial charge in [0.25, 0.3) is 5.89 Å². The first-order valence-corrected chi connectivity index (χ1v) is 5.92. The zero-order chi connectivity index (χ0) is 12.8. The number of hydrogen-bond acceptors (Lipinski definition) is 5. The Kier molecular flexibility index (Phi) is 6.49. The topological polar surface area (TPSA) is 74.2 Å². The van der Waals surface area contributed by atoms with Crippen LogP contribution in [0.15, 0.2) is 34.9 Å². The molecule has 0 spiro atoms. The third-order valence-electron chi connectivity index (χ3n) is 2.74. The van der Waals surface area contributed by atoms with E-state index in [-0.39, 0.29) is 18.5 Å². The maximum Gasteiger partial charge on any atom is 0.257 e. The number of hydrogen-bond donors (Lipinski definition) is 1. The van der Waals surface area contributed by atoms with Gasteiger partial charge in [0.1, 0.15) is 6.10 Å². The molecule has 104 valence electrons. The second kappa shape index (κ2) is 7.89. The van der Waals surface area contributed by atoms with Crippen LogP contribution in [0.25, 0.3) is 0 Å². The smallest absolute Gasteiger partial charge is 0.257 e. The summed E-state index contributed by atoms with van der Waals surface area (Å²) in [5.74, 6) is 1.13. The molecular weight excluding hydrogens is 266 g/mol. The first-order chi connectivity index (χ1) is 8.83. The molecule has 1 unspecified atom stereocenters. The molecule has 0 aliphatic rings. The van der Waals surface area contributed by atoms with Crippen LogP contribution in [0.4, 0.5) is 0 Å². The molecule has 0 fully saturated rings. The molecule has 19 heavy (non-hydrogen) atoms. The third-order valence-corrected chi connectivity index (χ3v) is 2.74. The highest BCUT2D eigenvalue weighted by atomic mass is 35.5. The van der Waals surface area contributed by atoms with Crippen molar-refractivity contribution in [1.29, 1.82) is 0 Å². The maximum absolute atomic E-state index is 5.54. The van der Waals surface area contributed by atoms with Crippen LogP contribution in [-0.4, -0.2) is 23.8 Å². The van der Waals surface area contributed by atoms with E-state index in [1.54, 1.807) is 7.11 Å². The maximum atomic E-state index is 5.54. The van der Waals surface area contributed by atoms with Gasteiger partial charge in [0.2, 0.25) is 0 Å². The van der Waals surface area contributed by atoms with Crippen LogP contribution in [0.1, 0.15) is 23.4 Å². The largest absolute Gasteiger partial charge is 0.370 e. The van der Waals surface area contributed by atoms with Gasteiger partial charge in [-0.25, -0.2) is 0 Å². The lowest BCUT2D eigenvalue weighted by Gasteiger charge is -2.05. The summed E-state index contributed by atoms with van der Waals surface area (Å²) < 4.78 is 10.3. The summed E-state index contributed by atoms with van der Waals surface area (Å²) in [6, 6.07) is 10.2. The van der Waals surface area contributed by atoms with Crippen molar-refractivity contribution < 1.29 is 9.26 Å². The molecule has 2 N–H and O–H groups in total. The number of halogens is 1. The van der Waals surface area contributed by atoms with Gasteiger partial charge in [-0.3, -0.25) is 0 Å². The van der Waals surface area contributed by atoms with Gasteiger partial charge < -0.3 is 15.0 Å². The van der Waals surface area contributed by atoms with Gasteiger partial charge in [0.05, 0.1) is 0 Å². The zero-order valence-corrected chi connectivity index (χ0v) is 11.6. The molecule has 5 nitrogen and oxygen atoms in total. The number of aryl methyl sites for hydroxylation is 2. The van der Waals surface area contributed by atoms with Crippen LogP contribution in [-0.2, 0) is 17.6 Å². The predicted octanol–water partition coefficient (Wildman–Crippen LogP) is 1.92. The van der Waals surface area contributed by atoms with Crippen molar-refractivity contribution in [3.63, 3.8) is 0 Å². The van der Waals surface area contributed by atoms with Crippen LogP contribution >= 0.6 is 12.4 Å². The lowest BCUT2D eigenvalue weighted by Crippen LogP contribution is -2.14. The van der Waals surface area contributed by atoms with Crippen LogP contribution in [0, 0.1) is 0 Å². The molecule has 1 atom stereocenters. The molecule has 6 heteroatoms. The average molecular weight is 284 g/mol. The van der Waals surface area contributed by atoms with E-state index >= 15 is 0 Å². The number of nitrogens with two attached hydrogens (primary N) is 1. The van der Waals surface area contributed by atoms with Gasteiger partial charge in [0.15, 0.2) is 5.82 Å². The zero-order valence-electron chi connectivity index (χ0n) is 10.8. The molecule has 1 heterocycles. The molecule has 2 rings (SSSR count). The van der Waals surface area contributed by atoms with E-state index in [0.717, 1.165) is 12.8 Å². The molecule has 0 amide bonds. The first-order valence-electron chi connectivity index (χ1n) is 5.92. The van der Waals surface area contributed by atoms with Crippen LogP contribution in [0.2, 0.25) is 0 Å². The highest BCUT2D eigenvalue weighted by Gasteiger charge is 2.16. The second-order valence-electron chi connectivity index (χ2n) is 3.99. The lowest BCUT2D eigenvalue weighted by molar-refractivity contribution is 0.0804. The lowest BCUT2D eigenvalue weighted by atomic mass is 10.1. The Morgan fingerprint density at radius 3 is 2.63 bits per heavy atom. The predicted molar refractivity (Wildman–Crippen MR) is 74.2 cm³/mol. The third kappa shape index (κ3) is 4.31. The number of aromatic nitrogens is 2. The Balaban J connectivity index is 0.00000180. The molecule has 1 aromatic carbocycles. The Hall–Kier alpha value is -1.43. The Morgan fingerprint density at radius 2 is 2.00 bits per heavy atom. The number of ether oxygens (including phenoxy) is 1. The number of nitrogens with zero attached hydrogens (tertiary/aromatic N) is 2. The van der Waals surface area contributed by atoms with E-state index < -0.39 is 0 Å². The van der Waals surface area contributed by atoms with Gasteiger partial charge in [-0.1, -0.05) is 35.5 Å². The van der Waals surface area contributed by atoms with Gasteiger partial charge in [-0.2, -0.15) is 4.98 Å². The van der Waals surface area contributed by atoms with Gasteiger partial charge >= 0.3 is 0 Å². The molecule has 0 radical (unpaired) electrons. The van der Waals surface area contributed by atoms with Crippen molar-refractivity contribution in [2.45, 2.75) is 18.9 Å². The van der Waals surface area contributed by atoms with Crippen molar-refractivity contribution in [3.05, 3.63) is 47.6 Å². The quantitative estimate of drug-likeness (QED) is 0.877. The van der Waals surface area contributed by atoms with Crippen LogP contribution in [0.5, 0.6) is 0 Å². The summed E-state index contributed by atoms with van der Waals surface area (Å²) in [5, 5.41) is 3.93. The van der Waals surface area contributed by atoms with E-state index in [1.807, 2.05) is 18.2 Å². The Bertz CT molecular complexity index is 472. The van der Waals surface area contributed by atoms with Crippen molar-refractivity contribution >= 4 is 12.4 Å². The van der Waals surface area contributed by atoms with Gasteiger partial charge in [-0.05, 0) is 12.0 Å². The highest BCUT2D eigenvalue weighted by molar-refractivity contribution is 5.85. The van der Waals surface area contributed by atoms with Crippen LogP contribution in [0.3, 0.4) is 0 Å². The Labute approximate surface area is 118 Å². The summed E-state index contributed by atoms with van der Waals surface area (Å²) in [6.45, 7) is 0.330. The van der Waals surface area contributed by atoms with Crippen molar-refractivity contribution in [3.8, 4) is 0 Å². The summed E-state index contributed by atoms with van der Waals surface area (Å²) in [6.07, 6.45) is 1.32. The molecule has 2 aromatic rings. The van der Waals surface area contributed by atoms with Crippen molar-refractivity contribution in [2.75, 3.05) is 13.7 Å². The van der Waals surface area contributed by atoms with E-state index in [9.17, 15) is 0 Å². The SMILES string of the molecule is COC(CN)c1nc(CCc2ccccc2)no1.Cl. The molecule has 0 bridgehead atoms. The Morgan fingerprint density at radius 1 is 1.26 bits per heavy atom. The molecular formula is C13H18ClN3O2. The summed E-state index contributed by atoms with van der Waals surface area (Å²) in [5.41, 5.74) is 6.79. The molecule has 0 aliphatic heterocycles. The van der Waals surface area contributed by atoms with Gasteiger partial charge in [0, 0.05) is 20.1 Å². The minimum absolute atomic E-state index is 0. The molecule has 0 aliphatic carbocycles. The van der Waals surface area contributed by atoms with Crippen molar-refractivity contribution in [1.82, 2.24) is 10.1 Å². The number of rotatable bonds is 6. The highest BCUT2D eigenvalue weighted by Crippen LogP contribution is 2.13. The second-order valence-corrected chi connectivity index (χ2v) is 3.99. The standard InChI is InChI=1S/C13H17N3O2.ClH/c1-17-11(9-14)13-15-12(16-18-13)8-7-10-5-3-2-4-6-10;/h2-6,11H,7-9,14H2,1H3;1H. The van der Waals surface area contributed by atoms with Gasteiger partial charge in [-0.15, -0.1) is 12.4 Å². The van der Waals surface area contributed by atoms with E-state index in [2.05, 4.69) is 22.3 Å².